The molecule has 0 spiro atoms. The van der Waals surface area contributed by atoms with Gasteiger partial charge in [-0.3, -0.25) is 4.79 Å². The summed E-state index contributed by atoms with van der Waals surface area (Å²) < 4.78 is 0. The highest BCUT2D eigenvalue weighted by Gasteiger charge is 2.24. The topological polar surface area (TPSA) is 61.4 Å². The molecule has 1 fully saturated rings. The largest absolute Gasteiger partial charge is 0.352 e. The van der Waals surface area contributed by atoms with E-state index in [1.54, 1.807) is 24.3 Å². The summed E-state index contributed by atoms with van der Waals surface area (Å²) in [4.78, 5) is 26.5. The summed E-state index contributed by atoms with van der Waals surface area (Å²) in [6.07, 6.45) is 3.22. The number of benzene rings is 2. The first kappa shape index (κ1) is 21.5. The van der Waals surface area contributed by atoms with Crippen molar-refractivity contribution >= 4 is 40.8 Å². The summed E-state index contributed by atoms with van der Waals surface area (Å²) >= 11 is 11.7. The number of amides is 3. The molecule has 1 heterocycles. The van der Waals surface area contributed by atoms with Crippen LogP contribution in [0.3, 0.4) is 0 Å². The molecule has 7 heteroatoms. The minimum Gasteiger partial charge on any atom is -0.352 e. The first-order valence-electron chi connectivity index (χ1n) is 9.82. The lowest BCUT2D eigenvalue weighted by atomic mass is 9.93. The molecule has 154 valence electrons. The molecular weight excluding hydrogens is 409 g/mol. The maximum atomic E-state index is 12.5. The first-order valence-corrected chi connectivity index (χ1v) is 10.6. The number of rotatable bonds is 6. The van der Waals surface area contributed by atoms with Crippen molar-refractivity contribution in [2.45, 2.75) is 32.2 Å². The molecule has 1 aliphatic heterocycles. The van der Waals surface area contributed by atoms with Crippen LogP contribution in [0.4, 0.5) is 10.5 Å². The van der Waals surface area contributed by atoms with Gasteiger partial charge in [0.15, 0.2) is 0 Å². The molecule has 29 heavy (non-hydrogen) atoms. The van der Waals surface area contributed by atoms with Gasteiger partial charge >= 0.3 is 6.03 Å². The monoisotopic (exact) mass is 433 g/mol. The fourth-order valence-electron chi connectivity index (χ4n) is 3.45. The number of hydrogen-bond acceptors (Lipinski definition) is 2. The number of carbonyl (C=O) groups is 2. The molecule has 3 amide bonds. The summed E-state index contributed by atoms with van der Waals surface area (Å²) in [7, 11) is 0. The molecule has 3 rings (SSSR count). The predicted octanol–water partition coefficient (Wildman–Crippen LogP) is 5.33. The van der Waals surface area contributed by atoms with Crippen molar-refractivity contribution in [2.75, 3.05) is 18.4 Å². The normalized spacial score (nSPS) is 16.3. The van der Waals surface area contributed by atoms with E-state index in [0.29, 0.717) is 35.5 Å². The predicted molar refractivity (Wildman–Crippen MR) is 117 cm³/mol. The molecular formula is C22H25Cl2N3O2. The Morgan fingerprint density at radius 2 is 1.66 bits per heavy atom. The summed E-state index contributed by atoms with van der Waals surface area (Å²) in [5.74, 6) is 0.365. The quantitative estimate of drug-likeness (QED) is 0.645. The number of urea groups is 1. The van der Waals surface area contributed by atoms with E-state index in [2.05, 4.69) is 10.6 Å². The Morgan fingerprint density at radius 3 is 2.34 bits per heavy atom. The minimum atomic E-state index is -0.107. The molecule has 1 saturated heterocycles. The molecule has 0 radical (unpaired) electrons. The van der Waals surface area contributed by atoms with Gasteiger partial charge in [0.05, 0.1) is 0 Å². The van der Waals surface area contributed by atoms with Crippen LogP contribution in [-0.4, -0.2) is 29.9 Å². The highest BCUT2D eigenvalue weighted by atomic mass is 35.5. The number of nitrogens with one attached hydrogen (secondary N) is 2. The van der Waals surface area contributed by atoms with Gasteiger partial charge in [0.1, 0.15) is 0 Å². The molecule has 5 nitrogen and oxygen atoms in total. The zero-order chi connectivity index (χ0) is 20.6. The van der Waals surface area contributed by atoms with Crippen LogP contribution in [0, 0.1) is 5.92 Å². The third-order valence-corrected chi connectivity index (χ3v) is 5.59. The summed E-state index contributed by atoms with van der Waals surface area (Å²) in [6, 6.07) is 14.4. The standard InChI is InChI=1S/C22H25Cl2N3O2/c23-18-6-3-16(4-7-18)14-25-21(28)12-5-17-2-1-13-27(15-17)22(29)26-20-10-8-19(24)9-11-20/h3-4,6-11,17H,1-2,5,12-15H2,(H,25,28)(H,26,29)/t17-/m0/s1. The van der Waals surface area contributed by atoms with Crippen LogP contribution >= 0.6 is 23.2 Å². The lowest BCUT2D eigenvalue weighted by Crippen LogP contribution is -2.42. The average molecular weight is 434 g/mol. The number of nitrogens with zero attached hydrogens (tertiary/aromatic N) is 1. The van der Waals surface area contributed by atoms with E-state index in [-0.39, 0.29) is 11.9 Å². The second kappa shape index (κ2) is 10.5. The van der Waals surface area contributed by atoms with E-state index in [9.17, 15) is 9.59 Å². The van der Waals surface area contributed by atoms with Crippen molar-refractivity contribution in [3.8, 4) is 0 Å². The number of piperidine rings is 1. The number of likely N-dealkylation sites (tertiary alicyclic amines) is 1. The highest BCUT2D eigenvalue weighted by molar-refractivity contribution is 6.30. The van der Waals surface area contributed by atoms with Gasteiger partial charge in [-0.1, -0.05) is 35.3 Å². The fraction of sp³-hybridized carbons (Fsp3) is 0.364. The average Bonchev–Trinajstić information content (AvgIpc) is 2.73. The molecule has 2 aromatic carbocycles. The van der Waals surface area contributed by atoms with Crippen molar-refractivity contribution in [3.63, 3.8) is 0 Å². The van der Waals surface area contributed by atoms with Gasteiger partial charge in [-0.15, -0.1) is 0 Å². The smallest absolute Gasteiger partial charge is 0.321 e. The van der Waals surface area contributed by atoms with Crippen molar-refractivity contribution < 1.29 is 9.59 Å². The van der Waals surface area contributed by atoms with Gasteiger partial charge in [0, 0.05) is 41.8 Å². The maximum Gasteiger partial charge on any atom is 0.321 e. The fourth-order valence-corrected chi connectivity index (χ4v) is 3.70. The second-order valence-corrected chi connectivity index (χ2v) is 8.21. The van der Waals surface area contributed by atoms with E-state index in [0.717, 1.165) is 37.1 Å². The summed E-state index contributed by atoms with van der Waals surface area (Å²) in [5.41, 5.74) is 1.74. The Bertz CT molecular complexity index is 825. The number of carbonyl (C=O) groups excluding carboxylic acids is 2. The van der Waals surface area contributed by atoms with Crippen molar-refractivity contribution in [1.29, 1.82) is 0 Å². The van der Waals surface area contributed by atoms with Crippen molar-refractivity contribution in [3.05, 3.63) is 64.1 Å². The van der Waals surface area contributed by atoms with Gasteiger partial charge in [-0.2, -0.15) is 0 Å². The van der Waals surface area contributed by atoms with Gasteiger partial charge in [0.25, 0.3) is 0 Å². The lowest BCUT2D eigenvalue weighted by molar-refractivity contribution is -0.121. The van der Waals surface area contributed by atoms with Gasteiger partial charge in [-0.05, 0) is 67.1 Å². The molecule has 1 atom stereocenters. The van der Waals surface area contributed by atoms with Crippen LogP contribution in [0.15, 0.2) is 48.5 Å². The number of hydrogen-bond donors (Lipinski definition) is 2. The Hall–Kier alpha value is -2.24. The molecule has 1 aliphatic rings. The van der Waals surface area contributed by atoms with Crippen LogP contribution in [0.1, 0.15) is 31.2 Å². The second-order valence-electron chi connectivity index (χ2n) is 7.33. The van der Waals surface area contributed by atoms with Crippen LogP contribution in [0.25, 0.3) is 0 Å². The van der Waals surface area contributed by atoms with Gasteiger partial charge < -0.3 is 15.5 Å². The van der Waals surface area contributed by atoms with Crippen LogP contribution < -0.4 is 10.6 Å². The molecule has 0 aromatic heterocycles. The zero-order valence-electron chi connectivity index (χ0n) is 16.2. The van der Waals surface area contributed by atoms with E-state index < -0.39 is 0 Å². The van der Waals surface area contributed by atoms with Crippen molar-refractivity contribution in [2.24, 2.45) is 5.92 Å². The SMILES string of the molecule is O=C(CC[C@@H]1CCCN(C(=O)Nc2ccc(Cl)cc2)C1)NCc1ccc(Cl)cc1. The Morgan fingerprint density at radius 1 is 1.00 bits per heavy atom. The Kier molecular flexibility index (Phi) is 7.78. The van der Waals surface area contributed by atoms with E-state index in [1.807, 2.05) is 29.2 Å². The van der Waals surface area contributed by atoms with Crippen molar-refractivity contribution in [1.82, 2.24) is 10.2 Å². The molecule has 0 unspecified atom stereocenters. The molecule has 0 aliphatic carbocycles. The van der Waals surface area contributed by atoms with Crippen LogP contribution in [-0.2, 0) is 11.3 Å². The third kappa shape index (κ3) is 6.94. The lowest BCUT2D eigenvalue weighted by Gasteiger charge is -2.32. The molecule has 2 aromatic rings. The highest BCUT2D eigenvalue weighted by Crippen LogP contribution is 2.22. The zero-order valence-corrected chi connectivity index (χ0v) is 17.7. The van der Waals surface area contributed by atoms with Crippen LogP contribution in [0.2, 0.25) is 10.0 Å². The van der Waals surface area contributed by atoms with E-state index in [1.165, 1.54) is 0 Å². The van der Waals surface area contributed by atoms with E-state index in [4.69, 9.17) is 23.2 Å². The number of anilines is 1. The van der Waals surface area contributed by atoms with Crippen LogP contribution in [0.5, 0.6) is 0 Å². The Labute approximate surface area is 181 Å². The first-order chi connectivity index (χ1) is 14.0. The minimum absolute atomic E-state index is 0.0303. The summed E-state index contributed by atoms with van der Waals surface area (Å²) in [6.45, 7) is 1.90. The molecule has 0 bridgehead atoms. The maximum absolute atomic E-state index is 12.5. The number of halogens is 2. The Balaban J connectivity index is 1.40. The van der Waals surface area contributed by atoms with Gasteiger partial charge in [-0.25, -0.2) is 4.79 Å². The molecule has 2 N–H and O–H groups in total. The molecule has 0 saturated carbocycles. The summed E-state index contributed by atoms with van der Waals surface area (Å²) in [5, 5.41) is 7.17. The van der Waals surface area contributed by atoms with Gasteiger partial charge in [0.2, 0.25) is 5.91 Å². The van der Waals surface area contributed by atoms with E-state index >= 15 is 0 Å². The third-order valence-electron chi connectivity index (χ3n) is 5.08.